The summed E-state index contributed by atoms with van der Waals surface area (Å²) in [4.78, 5) is 29.4. The molecule has 0 aliphatic heterocycles. The molecule has 4 rings (SSSR count). The molecule has 0 saturated heterocycles. The van der Waals surface area contributed by atoms with Crippen molar-refractivity contribution in [1.29, 1.82) is 0 Å². The Balaban J connectivity index is 1.81. The lowest BCUT2D eigenvalue weighted by Crippen LogP contribution is -2.26. The molecule has 33 heavy (non-hydrogen) atoms. The summed E-state index contributed by atoms with van der Waals surface area (Å²) in [5.41, 5.74) is -0.396. The summed E-state index contributed by atoms with van der Waals surface area (Å²) in [6.45, 7) is 3.38. The second kappa shape index (κ2) is 8.93. The highest BCUT2D eigenvalue weighted by Gasteiger charge is 2.26. The van der Waals surface area contributed by atoms with Crippen LogP contribution in [0, 0.1) is 6.92 Å². The second-order valence-corrected chi connectivity index (χ2v) is 9.87. The molecule has 2 heterocycles. The van der Waals surface area contributed by atoms with Crippen LogP contribution < -0.4 is 9.74 Å². The predicted molar refractivity (Wildman–Crippen MR) is 123 cm³/mol. The van der Waals surface area contributed by atoms with Crippen molar-refractivity contribution in [2.75, 3.05) is 6.61 Å². The summed E-state index contributed by atoms with van der Waals surface area (Å²) in [6.07, 6.45) is 0. The lowest BCUT2D eigenvalue weighted by Gasteiger charge is -2.13. The maximum atomic E-state index is 13.0. The molecular formula is C21H16ClN3O6S2. The van der Waals surface area contributed by atoms with Crippen LogP contribution in [0.25, 0.3) is 15.9 Å². The summed E-state index contributed by atoms with van der Waals surface area (Å²) in [5.74, 6) is -1.51. The Morgan fingerprint density at radius 2 is 1.94 bits per heavy atom. The number of ether oxygens (including phenoxy) is 1. The average Bonchev–Trinajstić information content (AvgIpc) is 3.13. The maximum absolute atomic E-state index is 13.0. The first-order valence-electron chi connectivity index (χ1n) is 9.57. The summed E-state index contributed by atoms with van der Waals surface area (Å²) in [6, 6.07) is 11.5. The van der Waals surface area contributed by atoms with Gasteiger partial charge in [0.25, 0.3) is 5.56 Å². The van der Waals surface area contributed by atoms with Crippen LogP contribution >= 0.6 is 22.9 Å². The molecule has 12 heteroatoms. The number of carbonyl (C=O) groups excluding carboxylic acids is 1. The number of benzene rings is 2. The fraction of sp³-hybridized carbons (Fsp3) is 0.143. The van der Waals surface area contributed by atoms with E-state index in [4.69, 9.17) is 20.5 Å². The normalized spacial score (nSPS) is 11.5. The van der Waals surface area contributed by atoms with Crippen LogP contribution in [0.15, 0.2) is 58.2 Å². The molecule has 4 aromatic rings. The summed E-state index contributed by atoms with van der Waals surface area (Å²) >= 11 is 7.48. The third kappa shape index (κ3) is 4.61. The molecule has 0 saturated carbocycles. The fourth-order valence-electron chi connectivity index (χ4n) is 2.98. The molecular weight excluding hydrogens is 490 g/mol. The summed E-state index contributed by atoms with van der Waals surface area (Å²) in [5, 5.41) is 4.98. The van der Waals surface area contributed by atoms with Gasteiger partial charge in [0.15, 0.2) is 5.75 Å². The number of hydrogen-bond acceptors (Lipinski definition) is 9. The van der Waals surface area contributed by atoms with Crippen LogP contribution in [0.3, 0.4) is 0 Å². The third-order valence-corrected chi connectivity index (χ3v) is 6.88. The van der Waals surface area contributed by atoms with Gasteiger partial charge in [-0.25, -0.2) is 9.78 Å². The van der Waals surface area contributed by atoms with Crippen LogP contribution in [0.5, 0.6) is 5.75 Å². The number of aromatic nitrogens is 3. The van der Waals surface area contributed by atoms with Gasteiger partial charge >= 0.3 is 16.1 Å². The van der Waals surface area contributed by atoms with Crippen molar-refractivity contribution in [3.05, 3.63) is 74.6 Å². The first kappa shape index (κ1) is 22.9. The highest BCUT2D eigenvalue weighted by molar-refractivity contribution is 7.87. The minimum absolute atomic E-state index is 0.000675. The molecule has 170 valence electrons. The molecule has 2 aromatic carbocycles. The Morgan fingerprint density at radius 3 is 2.67 bits per heavy atom. The van der Waals surface area contributed by atoms with Crippen molar-refractivity contribution in [3.63, 3.8) is 0 Å². The number of nitrogens with zero attached hydrogens (tertiary/aromatic N) is 3. The Bertz CT molecular complexity index is 1550. The Labute approximate surface area is 197 Å². The highest BCUT2D eigenvalue weighted by atomic mass is 35.5. The molecule has 0 unspecified atom stereocenters. The number of para-hydroxylation sites is 1. The van der Waals surface area contributed by atoms with Crippen LogP contribution in [-0.2, 0) is 14.9 Å². The Hall–Kier alpha value is -3.28. The number of thiazole rings is 1. The summed E-state index contributed by atoms with van der Waals surface area (Å²) in [7, 11) is -4.41. The van der Waals surface area contributed by atoms with Crippen LogP contribution in [0.4, 0.5) is 0 Å². The molecule has 0 atom stereocenters. The van der Waals surface area contributed by atoms with Crippen molar-refractivity contribution in [3.8, 4) is 11.4 Å². The van der Waals surface area contributed by atoms with Crippen molar-refractivity contribution in [2.24, 2.45) is 0 Å². The molecule has 9 nitrogen and oxygen atoms in total. The van der Waals surface area contributed by atoms with Crippen molar-refractivity contribution in [2.45, 2.75) is 18.7 Å². The van der Waals surface area contributed by atoms with E-state index in [2.05, 4.69) is 10.1 Å². The first-order chi connectivity index (χ1) is 15.7. The topological polar surface area (TPSA) is 117 Å². The summed E-state index contributed by atoms with van der Waals surface area (Å²) < 4.78 is 37.6. The minimum Gasteiger partial charge on any atom is -0.461 e. The maximum Gasteiger partial charge on any atom is 0.362 e. The fourth-order valence-corrected chi connectivity index (χ4v) is 5.10. The van der Waals surface area contributed by atoms with Gasteiger partial charge < -0.3 is 8.92 Å². The van der Waals surface area contributed by atoms with Crippen LogP contribution in [-0.4, -0.2) is 35.8 Å². The van der Waals surface area contributed by atoms with Gasteiger partial charge in [-0.05, 0) is 44.2 Å². The van der Waals surface area contributed by atoms with E-state index >= 15 is 0 Å². The highest BCUT2D eigenvalue weighted by Crippen LogP contribution is 2.27. The zero-order valence-corrected chi connectivity index (χ0v) is 19.7. The van der Waals surface area contributed by atoms with E-state index in [0.717, 1.165) is 15.8 Å². The first-order valence-corrected chi connectivity index (χ1v) is 12.2. The van der Waals surface area contributed by atoms with Gasteiger partial charge in [-0.1, -0.05) is 23.7 Å². The lowest BCUT2D eigenvalue weighted by molar-refractivity contribution is 0.0515. The van der Waals surface area contributed by atoms with E-state index in [1.54, 1.807) is 38.1 Å². The zero-order valence-electron chi connectivity index (χ0n) is 17.3. The second-order valence-electron chi connectivity index (χ2n) is 6.68. The molecule has 0 fully saturated rings. The molecule has 0 spiro atoms. The van der Waals surface area contributed by atoms with Gasteiger partial charge in [-0.15, -0.1) is 11.3 Å². The Kier molecular flexibility index (Phi) is 6.19. The van der Waals surface area contributed by atoms with Gasteiger partial charge in [-0.2, -0.15) is 18.2 Å². The van der Waals surface area contributed by atoms with E-state index in [9.17, 15) is 18.0 Å². The van der Waals surface area contributed by atoms with Crippen LogP contribution in [0.2, 0.25) is 5.02 Å². The van der Waals surface area contributed by atoms with E-state index in [1.165, 1.54) is 29.5 Å². The average molecular weight is 506 g/mol. The van der Waals surface area contributed by atoms with E-state index < -0.39 is 33.1 Å². The molecule has 0 aliphatic carbocycles. The zero-order chi connectivity index (χ0) is 23.8. The predicted octanol–water partition coefficient (Wildman–Crippen LogP) is 3.75. The van der Waals surface area contributed by atoms with E-state index in [-0.39, 0.29) is 22.2 Å². The lowest BCUT2D eigenvalue weighted by atomic mass is 10.3. The van der Waals surface area contributed by atoms with Gasteiger partial charge in [0.1, 0.15) is 4.90 Å². The number of halogens is 1. The van der Waals surface area contributed by atoms with Gasteiger partial charge in [0.2, 0.25) is 5.69 Å². The quantitative estimate of drug-likeness (QED) is 0.287. The van der Waals surface area contributed by atoms with Crippen LogP contribution in [0.1, 0.15) is 22.4 Å². The third-order valence-electron chi connectivity index (χ3n) is 4.40. The number of rotatable bonds is 6. The van der Waals surface area contributed by atoms with Crippen molar-refractivity contribution in [1.82, 2.24) is 14.8 Å². The standard InChI is InChI=1S/C21H16ClN3O6S2/c1-3-30-21(27)20-17(11-19(26)25(24-20)16-7-5-4-6-14(16)22)31-33(28,29)13-8-9-15-18(10-13)32-12(2)23-15/h4-11H,3H2,1-2H3. The van der Waals surface area contributed by atoms with E-state index in [1.807, 2.05) is 0 Å². The largest absolute Gasteiger partial charge is 0.461 e. The van der Waals surface area contributed by atoms with Gasteiger partial charge in [-0.3, -0.25) is 4.79 Å². The molecule has 0 N–H and O–H groups in total. The molecule has 0 aliphatic rings. The smallest absolute Gasteiger partial charge is 0.362 e. The van der Waals surface area contributed by atoms with E-state index in [0.29, 0.717) is 10.2 Å². The number of aryl methyl sites for hydroxylation is 1. The molecule has 0 radical (unpaired) electrons. The molecule has 2 aromatic heterocycles. The molecule has 0 bridgehead atoms. The number of hydrogen-bond donors (Lipinski definition) is 0. The number of fused-ring (bicyclic) bond motifs is 1. The molecule has 0 amide bonds. The van der Waals surface area contributed by atoms with Crippen molar-refractivity contribution < 1.29 is 22.1 Å². The number of carbonyl (C=O) groups is 1. The number of esters is 1. The Morgan fingerprint density at radius 1 is 1.18 bits per heavy atom. The minimum atomic E-state index is -4.41. The van der Waals surface area contributed by atoms with Gasteiger partial charge in [0.05, 0.1) is 38.6 Å². The van der Waals surface area contributed by atoms with Gasteiger partial charge in [0, 0.05) is 0 Å². The monoisotopic (exact) mass is 505 g/mol. The van der Waals surface area contributed by atoms with Crippen molar-refractivity contribution >= 4 is 49.2 Å². The SMILES string of the molecule is CCOC(=O)c1nn(-c2ccccc2Cl)c(=O)cc1OS(=O)(=O)c1ccc2nc(C)sc2c1.